The predicted molar refractivity (Wildman–Crippen MR) is 118 cm³/mol. The third-order valence-corrected chi connectivity index (χ3v) is 5.49. The summed E-state index contributed by atoms with van der Waals surface area (Å²) < 4.78 is 47.3. The number of benzene rings is 1. The monoisotopic (exact) mass is 471 g/mol. The summed E-state index contributed by atoms with van der Waals surface area (Å²) >= 11 is 0. The van der Waals surface area contributed by atoms with Crippen LogP contribution in [0.15, 0.2) is 67.0 Å². The SMILES string of the molecule is CC(NC(=O)[C@H]1C[C@@H]1c1cccc(OCc2ccccn2)c1)c1ccc(OCC(F)(F)F)cn1. The molecule has 0 bridgehead atoms. The molecule has 1 aliphatic rings. The Kier molecular flexibility index (Phi) is 7.00. The molecule has 1 unspecified atom stereocenters. The van der Waals surface area contributed by atoms with E-state index in [2.05, 4.69) is 20.0 Å². The van der Waals surface area contributed by atoms with Crippen molar-refractivity contribution in [3.63, 3.8) is 0 Å². The first-order valence-corrected chi connectivity index (χ1v) is 10.9. The van der Waals surface area contributed by atoms with Crippen molar-refractivity contribution >= 4 is 5.91 Å². The number of hydrogen-bond donors (Lipinski definition) is 1. The van der Waals surface area contributed by atoms with Gasteiger partial charge in [-0.05, 0) is 61.2 Å². The zero-order valence-electron chi connectivity index (χ0n) is 18.5. The van der Waals surface area contributed by atoms with E-state index >= 15 is 0 Å². The fourth-order valence-corrected chi connectivity index (χ4v) is 3.62. The quantitative estimate of drug-likeness (QED) is 0.477. The summed E-state index contributed by atoms with van der Waals surface area (Å²) in [6, 6.07) is 15.9. The number of nitrogens with zero attached hydrogens (tertiary/aromatic N) is 2. The lowest BCUT2D eigenvalue weighted by molar-refractivity contribution is -0.153. The number of ether oxygens (including phenoxy) is 2. The lowest BCUT2D eigenvalue weighted by atomic mass is 10.1. The average Bonchev–Trinajstić information content (AvgIpc) is 3.63. The Morgan fingerprint density at radius 1 is 1.09 bits per heavy atom. The van der Waals surface area contributed by atoms with Gasteiger partial charge in [0.05, 0.1) is 23.6 Å². The molecule has 1 aliphatic carbocycles. The molecule has 178 valence electrons. The van der Waals surface area contributed by atoms with E-state index in [9.17, 15) is 18.0 Å². The summed E-state index contributed by atoms with van der Waals surface area (Å²) in [4.78, 5) is 21.1. The third kappa shape index (κ3) is 6.46. The first-order valence-electron chi connectivity index (χ1n) is 10.9. The van der Waals surface area contributed by atoms with Crippen LogP contribution >= 0.6 is 0 Å². The van der Waals surface area contributed by atoms with Gasteiger partial charge in [-0.2, -0.15) is 13.2 Å². The molecule has 1 N–H and O–H groups in total. The van der Waals surface area contributed by atoms with Crippen LogP contribution in [0.1, 0.15) is 42.3 Å². The molecule has 1 fully saturated rings. The molecule has 3 aromatic rings. The van der Waals surface area contributed by atoms with E-state index in [1.165, 1.54) is 12.3 Å². The normalized spacial score (nSPS) is 18.1. The van der Waals surface area contributed by atoms with E-state index < -0.39 is 18.8 Å². The van der Waals surface area contributed by atoms with Crippen molar-refractivity contribution in [1.82, 2.24) is 15.3 Å². The van der Waals surface area contributed by atoms with Gasteiger partial charge in [-0.3, -0.25) is 14.8 Å². The Hall–Kier alpha value is -3.62. The minimum atomic E-state index is -4.41. The van der Waals surface area contributed by atoms with E-state index in [1.54, 1.807) is 19.2 Å². The maximum Gasteiger partial charge on any atom is 0.422 e. The first-order chi connectivity index (χ1) is 16.3. The second-order valence-electron chi connectivity index (χ2n) is 8.18. The highest BCUT2D eigenvalue weighted by molar-refractivity contribution is 5.83. The Labute approximate surface area is 195 Å². The van der Waals surface area contributed by atoms with Crippen LogP contribution in [-0.2, 0) is 11.4 Å². The molecular formula is C25H24F3N3O3. The fourth-order valence-electron chi connectivity index (χ4n) is 3.62. The molecule has 3 atom stereocenters. The van der Waals surface area contributed by atoms with Crippen molar-refractivity contribution < 1.29 is 27.4 Å². The number of aromatic nitrogens is 2. The van der Waals surface area contributed by atoms with Gasteiger partial charge >= 0.3 is 6.18 Å². The molecule has 0 spiro atoms. The highest BCUT2D eigenvalue weighted by Crippen LogP contribution is 2.48. The maximum absolute atomic E-state index is 12.7. The van der Waals surface area contributed by atoms with E-state index in [4.69, 9.17) is 4.74 Å². The highest BCUT2D eigenvalue weighted by Gasteiger charge is 2.44. The van der Waals surface area contributed by atoms with Crippen molar-refractivity contribution in [2.75, 3.05) is 6.61 Å². The number of alkyl halides is 3. The topological polar surface area (TPSA) is 73.3 Å². The van der Waals surface area contributed by atoms with Crippen molar-refractivity contribution in [3.8, 4) is 11.5 Å². The van der Waals surface area contributed by atoms with Gasteiger partial charge in [-0.1, -0.05) is 18.2 Å². The van der Waals surface area contributed by atoms with Gasteiger partial charge in [0.25, 0.3) is 0 Å². The van der Waals surface area contributed by atoms with Gasteiger partial charge in [0.2, 0.25) is 5.91 Å². The van der Waals surface area contributed by atoms with Crippen LogP contribution in [0.25, 0.3) is 0 Å². The van der Waals surface area contributed by atoms with Crippen LogP contribution < -0.4 is 14.8 Å². The molecule has 2 aromatic heterocycles. The zero-order valence-corrected chi connectivity index (χ0v) is 18.5. The van der Waals surface area contributed by atoms with Crippen LogP contribution in [0.5, 0.6) is 11.5 Å². The van der Waals surface area contributed by atoms with Gasteiger partial charge in [0.15, 0.2) is 6.61 Å². The third-order valence-electron chi connectivity index (χ3n) is 5.49. The van der Waals surface area contributed by atoms with Gasteiger partial charge in [0, 0.05) is 12.1 Å². The predicted octanol–water partition coefficient (Wildman–Crippen LogP) is 4.98. The number of amides is 1. The van der Waals surface area contributed by atoms with Crippen LogP contribution in [-0.4, -0.2) is 28.7 Å². The molecule has 4 rings (SSSR count). The molecule has 9 heteroatoms. The van der Waals surface area contributed by atoms with Crippen LogP contribution in [0, 0.1) is 5.92 Å². The fraction of sp³-hybridized carbons (Fsp3) is 0.320. The number of carbonyl (C=O) groups excluding carboxylic acids is 1. The van der Waals surface area contributed by atoms with Crippen molar-refractivity contribution in [3.05, 3.63) is 83.9 Å². The molecule has 0 radical (unpaired) electrons. The second-order valence-corrected chi connectivity index (χ2v) is 8.18. The summed E-state index contributed by atoms with van der Waals surface area (Å²) in [5.74, 6) is 0.614. The standard InChI is InChI=1S/C25H24F3N3O3/c1-16(23-9-8-20(13-30-23)34-15-25(26,27)28)31-24(32)22-12-21(22)17-5-4-7-19(11-17)33-14-18-6-2-3-10-29-18/h2-11,13,16,21-22H,12,14-15H2,1H3,(H,31,32)/t16?,21-,22+/m1/s1. The lowest BCUT2D eigenvalue weighted by Crippen LogP contribution is -2.29. The number of carbonyl (C=O) groups is 1. The van der Waals surface area contributed by atoms with Gasteiger partial charge in [-0.15, -0.1) is 0 Å². The molecular weight excluding hydrogens is 447 g/mol. The summed E-state index contributed by atoms with van der Waals surface area (Å²) in [5.41, 5.74) is 2.41. The van der Waals surface area contributed by atoms with E-state index in [1.807, 2.05) is 42.5 Å². The molecule has 6 nitrogen and oxygen atoms in total. The van der Waals surface area contributed by atoms with Crippen molar-refractivity contribution in [2.24, 2.45) is 5.92 Å². The van der Waals surface area contributed by atoms with Crippen molar-refractivity contribution in [1.29, 1.82) is 0 Å². The molecule has 0 saturated heterocycles. The summed E-state index contributed by atoms with van der Waals surface area (Å²) in [6.07, 6.45) is -0.735. The minimum Gasteiger partial charge on any atom is -0.487 e. The highest BCUT2D eigenvalue weighted by atomic mass is 19.4. The second kappa shape index (κ2) is 10.1. The minimum absolute atomic E-state index is 0.0204. The largest absolute Gasteiger partial charge is 0.487 e. The van der Waals surface area contributed by atoms with Gasteiger partial charge in [-0.25, -0.2) is 0 Å². The number of nitrogens with one attached hydrogen (secondary N) is 1. The maximum atomic E-state index is 12.7. The molecule has 1 saturated carbocycles. The first kappa shape index (κ1) is 23.5. The Bertz CT molecular complexity index is 1110. The molecule has 1 aromatic carbocycles. The molecule has 1 amide bonds. The van der Waals surface area contributed by atoms with Gasteiger partial charge < -0.3 is 14.8 Å². The number of pyridine rings is 2. The Morgan fingerprint density at radius 3 is 2.65 bits per heavy atom. The van der Waals surface area contributed by atoms with E-state index in [0.29, 0.717) is 12.3 Å². The molecule has 0 aliphatic heterocycles. The summed E-state index contributed by atoms with van der Waals surface area (Å²) in [6.45, 7) is 0.766. The number of hydrogen-bond acceptors (Lipinski definition) is 5. The number of rotatable bonds is 9. The molecule has 2 heterocycles. The van der Waals surface area contributed by atoms with Crippen LogP contribution in [0.2, 0.25) is 0 Å². The smallest absolute Gasteiger partial charge is 0.422 e. The lowest BCUT2D eigenvalue weighted by Gasteiger charge is -2.14. The summed E-state index contributed by atoms with van der Waals surface area (Å²) in [7, 11) is 0. The number of halogens is 3. The van der Waals surface area contributed by atoms with Crippen LogP contribution in [0.3, 0.4) is 0 Å². The molecule has 34 heavy (non-hydrogen) atoms. The Morgan fingerprint density at radius 2 is 1.94 bits per heavy atom. The van der Waals surface area contributed by atoms with Crippen molar-refractivity contribution in [2.45, 2.75) is 38.1 Å². The van der Waals surface area contributed by atoms with E-state index in [0.717, 1.165) is 23.4 Å². The summed E-state index contributed by atoms with van der Waals surface area (Å²) in [5, 5.41) is 2.93. The van der Waals surface area contributed by atoms with E-state index in [-0.39, 0.29) is 23.5 Å². The van der Waals surface area contributed by atoms with Crippen LogP contribution in [0.4, 0.5) is 13.2 Å². The average molecular weight is 471 g/mol. The Balaban J connectivity index is 1.28. The van der Waals surface area contributed by atoms with Gasteiger partial charge in [0.1, 0.15) is 18.1 Å². The zero-order chi connectivity index (χ0) is 24.1.